The lowest BCUT2D eigenvalue weighted by Gasteiger charge is -2.71. The van der Waals surface area contributed by atoms with Crippen LogP contribution in [0.2, 0.25) is 0 Å². The molecule has 0 spiro atoms. The normalized spacial score (nSPS) is 43.8. The van der Waals surface area contributed by atoms with Crippen LogP contribution in [-0.2, 0) is 9.53 Å². The van der Waals surface area contributed by atoms with E-state index >= 15 is 0 Å². The number of para-hydroxylation sites is 1. The largest absolute Gasteiger partial charge is 0.493 e. The van der Waals surface area contributed by atoms with Gasteiger partial charge >= 0.3 is 5.97 Å². The summed E-state index contributed by atoms with van der Waals surface area (Å²) in [5.74, 6) is 1.87. The number of hydrogen-bond donors (Lipinski definition) is 2. The van der Waals surface area contributed by atoms with Gasteiger partial charge in [-0.2, -0.15) is 0 Å². The predicted octanol–water partition coefficient (Wildman–Crippen LogP) is 8.13. The Morgan fingerprint density at radius 3 is 2.30 bits per heavy atom. The number of carbonyl (C=O) groups is 1. The number of allylic oxidation sites excluding steroid dienone is 2. The second-order valence-corrected chi connectivity index (χ2v) is 17.6. The summed E-state index contributed by atoms with van der Waals surface area (Å²) in [7, 11) is 0. The molecule has 0 heterocycles. The Bertz CT molecular complexity index is 1270. The molecule has 1 aromatic carbocycles. The first-order valence-electron chi connectivity index (χ1n) is 17.5. The van der Waals surface area contributed by atoms with Crippen molar-refractivity contribution in [1.29, 1.82) is 0 Å². The zero-order valence-corrected chi connectivity index (χ0v) is 28.5. The highest BCUT2D eigenvalue weighted by Crippen LogP contribution is 2.75. The van der Waals surface area contributed by atoms with E-state index in [9.17, 15) is 15.0 Å². The fourth-order valence-corrected chi connectivity index (χ4v) is 11.8. The van der Waals surface area contributed by atoms with E-state index in [4.69, 9.17) is 9.47 Å². The lowest BCUT2D eigenvalue weighted by Crippen LogP contribution is -2.67. The summed E-state index contributed by atoms with van der Waals surface area (Å²) >= 11 is 0. The molecule has 4 fully saturated rings. The molecule has 0 aromatic heterocycles. The molecule has 0 aliphatic heterocycles. The van der Waals surface area contributed by atoms with Crippen molar-refractivity contribution in [3.05, 3.63) is 42.0 Å². The van der Waals surface area contributed by atoms with Gasteiger partial charge in [0.1, 0.15) is 5.75 Å². The van der Waals surface area contributed by atoms with Gasteiger partial charge in [0.15, 0.2) is 0 Å². The average molecular weight is 607 g/mol. The van der Waals surface area contributed by atoms with Crippen molar-refractivity contribution in [2.75, 3.05) is 13.2 Å². The molecule has 0 radical (unpaired) electrons. The van der Waals surface area contributed by atoms with Crippen LogP contribution in [0.4, 0.5) is 0 Å². The highest BCUT2D eigenvalue weighted by Gasteiger charge is 2.70. The third kappa shape index (κ3) is 4.72. The van der Waals surface area contributed by atoms with Crippen molar-refractivity contribution in [1.82, 2.24) is 0 Å². The van der Waals surface area contributed by atoms with Gasteiger partial charge < -0.3 is 19.7 Å². The van der Waals surface area contributed by atoms with Gasteiger partial charge in [-0.25, -0.2) is 0 Å². The number of benzene rings is 1. The zero-order chi connectivity index (χ0) is 31.8. The Balaban J connectivity index is 1.26. The maximum absolute atomic E-state index is 14.2. The minimum absolute atomic E-state index is 0.000442. The SMILES string of the molecule is CC1(C)CC[C@]2(C(=O)OCCCOc3ccccc3)CC[C@]3(C)C(=CC[C@@H]4[C@@]5(C)C[C@@H](O)[C@H](O)C(C)(C)[C@@H]5CC[C@]43C)[C@@H]2C1. The molecule has 5 aliphatic carbocycles. The predicted molar refractivity (Wildman–Crippen MR) is 174 cm³/mol. The van der Waals surface area contributed by atoms with Crippen LogP contribution in [0.5, 0.6) is 5.75 Å². The smallest absolute Gasteiger partial charge is 0.312 e. The molecule has 244 valence electrons. The van der Waals surface area contributed by atoms with E-state index < -0.39 is 17.6 Å². The summed E-state index contributed by atoms with van der Waals surface area (Å²) < 4.78 is 12.0. The minimum atomic E-state index is -0.683. The van der Waals surface area contributed by atoms with Crippen molar-refractivity contribution >= 4 is 5.97 Å². The van der Waals surface area contributed by atoms with Gasteiger partial charge in [0.2, 0.25) is 0 Å². The Labute approximate surface area is 266 Å². The van der Waals surface area contributed by atoms with Gasteiger partial charge in [-0.1, -0.05) is 78.3 Å². The van der Waals surface area contributed by atoms with Crippen LogP contribution in [-0.4, -0.2) is 41.6 Å². The molecule has 6 rings (SSSR count). The van der Waals surface area contributed by atoms with Gasteiger partial charge in [0.25, 0.3) is 0 Å². The molecular weight excluding hydrogens is 548 g/mol. The van der Waals surface area contributed by atoms with Crippen molar-refractivity contribution in [3.8, 4) is 5.75 Å². The van der Waals surface area contributed by atoms with Crippen LogP contribution in [0.3, 0.4) is 0 Å². The summed E-state index contributed by atoms with van der Waals surface area (Å²) in [5, 5.41) is 22.2. The van der Waals surface area contributed by atoms with E-state index in [1.165, 1.54) is 5.57 Å². The number of aliphatic hydroxyl groups excluding tert-OH is 2. The van der Waals surface area contributed by atoms with Crippen LogP contribution < -0.4 is 4.74 Å². The van der Waals surface area contributed by atoms with Gasteiger partial charge in [-0.15, -0.1) is 0 Å². The highest BCUT2D eigenvalue weighted by molar-refractivity contribution is 5.78. The molecule has 9 atom stereocenters. The Morgan fingerprint density at radius 1 is 0.864 bits per heavy atom. The number of rotatable bonds is 6. The molecular formula is C39H58O5. The lowest BCUT2D eigenvalue weighted by molar-refractivity contribution is -0.232. The van der Waals surface area contributed by atoms with Crippen molar-refractivity contribution in [3.63, 3.8) is 0 Å². The topological polar surface area (TPSA) is 76.0 Å². The quantitative estimate of drug-likeness (QED) is 0.194. The monoisotopic (exact) mass is 606 g/mol. The van der Waals surface area contributed by atoms with E-state index in [1.54, 1.807) is 0 Å². The molecule has 0 bridgehead atoms. The van der Waals surface area contributed by atoms with Crippen LogP contribution in [0.1, 0.15) is 113 Å². The van der Waals surface area contributed by atoms with Crippen LogP contribution >= 0.6 is 0 Å². The van der Waals surface area contributed by atoms with Crippen molar-refractivity contribution in [2.24, 2.45) is 50.2 Å². The summed E-state index contributed by atoms with van der Waals surface area (Å²) in [5.41, 5.74) is 0.987. The second kappa shape index (κ2) is 10.9. The van der Waals surface area contributed by atoms with Crippen molar-refractivity contribution in [2.45, 2.75) is 125 Å². The van der Waals surface area contributed by atoms with Crippen LogP contribution in [0.25, 0.3) is 0 Å². The summed E-state index contributed by atoms with van der Waals surface area (Å²) in [6.07, 6.45) is 10.6. The first kappa shape index (κ1) is 32.1. The van der Waals surface area contributed by atoms with E-state index in [0.29, 0.717) is 37.9 Å². The van der Waals surface area contributed by atoms with Gasteiger partial charge in [-0.3, -0.25) is 4.79 Å². The molecule has 2 N–H and O–H groups in total. The number of carbonyl (C=O) groups excluding carboxylic acids is 1. The molecule has 4 saturated carbocycles. The van der Waals surface area contributed by atoms with Crippen LogP contribution in [0.15, 0.2) is 42.0 Å². The second-order valence-electron chi connectivity index (χ2n) is 17.6. The molecule has 5 nitrogen and oxygen atoms in total. The molecule has 0 amide bonds. The number of esters is 1. The van der Waals surface area contributed by atoms with E-state index in [1.807, 2.05) is 30.3 Å². The number of ether oxygens (including phenoxy) is 2. The Morgan fingerprint density at radius 2 is 1.57 bits per heavy atom. The standard InChI is InChI=1S/C39H58O5/c1-34(2)18-20-39(33(42)44-23-11-22-43-26-12-9-8-10-13-26)21-19-37(6)27(28(39)24-34)14-15-31-36(5)25-29(40)32(41)35(3,4)30(36)16-17-38(31,37)7/h8-10,12-14,28-32,40-41H,11,15-25H2,1-7H3/t28-,29+,30-,31+,32-,36-,37+,38+,39-/m0/s1. The van der Waals surface area contributed by atoms with E-state index in [2.05, 4.69) is 54.5 Å². The average Bonchev–Trinajstić information content (AvgIpc) is 2.96. The fourth-order valence-electron chi connectivity index (χ4n) is 11.8. The summed E-state index contributed by atoms with van der Waals surface area (Å²) in [4.78, 5) is 14.2. The molecule has 44 heavy (non-hydrogen) atoms. The van der Waals surface area contributed by atoms with E-state index in [-0.39, 0.29) is 39.0 Å². The first-order valence-corrected chi connectivity index (χ1v) is 17.5. The number of aliphatic hydroxyl groups is 2. The number of fused-ring (bicyclic) bond motifs is 7. The molecule has 5 heteroatoms. The Hall–Kier alpha value is -1.85. The van der Waals surface area contributed by atoms with E-state index in [0.717, 1.165) is 57.1 Å². The summed E-state index contributed by atoms with van der Waals surface area (Å²) in [6.45, 7) is 17.5. The Kier molecular flexibility index (Phi) is 7.93. The lowest BCUT2D eigenvalue weighted by atomic mass is 9.33. The fraction of sp³-hybridized carbons (Fsp3) is 0.769. The first-order chi connectivity index (χ1) is 20.6. The molecule has 5 aliphatic rings. The summed E-state index contributed by atoms with van der Waals surface area (Å²) in [6, 6.07) is 9.82. The zero-order valence-electron chi connectivity index (χ0n) is 28.5. The maximum Gasteiger partial charge on any atom is 0.312 e. The number of hydrogen-bond acceptors (Lipinski definition) is 5. The van der Waals surface area contributed by atoms with Gasteiger partial charge in [0.05, 0.1) is 30.8 Å². The minimum Gasteiger partial charge on any atom is -0.493 e. The third-order valence-electron chi connectivity index (χ3n) is 14.5. The van der Waals surface area contributed by atoms with Gasteiger partial charge in [-0.05, 0) is 115 Å². The molecule has 1 aromatic rings. The third-order valence-corrected chi connectivity index (χ3v) is 14.5. The van der Waals surface area contributed by atoms with Gasteiger partial charge in [0, 0.05) is 6.42 Å². The van der Waals surface area contributed by atoms with Crippen molar-refractivity contribution < 1.29 is 24.5 Å². The highest BCUT2D eigenvalue weighted by atomic mass is 16.5. The molecule has 0 unspecified atom stereocenters. The molecule has 0 saturated heterocycles. The maximum atomic E-state index is 14.2. The van der Waals surface area contributed by atoms with Crippen LogP contribution in [0, 0.1) is 50.2 Å².